The largest absolute Gasteiger partial charge is 0.497 e. The Hall–Kier alpha value is -3.00. The number of rotatable bonds is 5. The second kappa shape index (κ2) is 7.71. The number of morpholine rings is 1. The number of methoxy groups -OCH3 is 1. The van der Waals surface area contributed by atoms with Crippen LogP contribution in [0.1, 0.15) is 17.5 Å². The van der Waals surface area contributed by atoms with E-state index in [1.165, 1.54) is 12.4 Å². The lowest BCUT2D eigenvalue weighted by Crippen LogP contribution is -2.35. The zero-order chi connectivity index (χ0) is 17.6. The molecule has 8 heteroatoms. The molecule has 0 saturated carbocycles. The minimum atomic E-state index is -0.518. The van der Waals surface area contributed by atoms with Crippen LogP contribution in [0.3, 0.4) is 0 Å². The van der Waals surface area contributed by atoms with Gasteiger partial charge in [0, 0.05) is 6.54 Å². The summed E-state index contributed by atoms with van der Waals surface area (Å²) in [4.78, 5) is 20.4. The smallest absolute Gasteiger partial charge is 0.305 e. The van der Waals surface area contributed by atoms with E-state index in [1.807, 2.05) is 36.5 Å². The highest BCUT2D eigenvalue weighted by molar-refractivity contribution is 5.50. The number of ether oxygens (including phenoxy) is 2. The summed E-state index contributed by atoms with van der Waals surface area (Å²) in [5.74, 6) is 1.27. The summed E-state index contributed by atoms with van der Waals surface area (Å²) >= 11 is 0. The molecule has 3 rings (SSSR count). The van der Waals surface area contributed by atoms with Crippen molar-refractivity contribution in [3.63, 3.8) is 0 Å². The minimum absolute atomic E-state index is 0.129. The Bertz CT molecular complexity index is 746. The fourth-order valence-electron chi connectivity index (χ4n) is 2.46. The third-order valence-electron chi connectivity index (χ3n) is 3.85. The van der Waals surface area contributed by atoms with E-state index in [1.54, 1.807) is 7.11 Å². The number of hydrogen-bond donors (Lipinski definition) is 0. The average molecular weight is 342 g/mol. The molecule has 1 aliphatic rings. The Labute approximate surface area is 144 Å². The van der Waals surface area contributed by atoms with Crippen molar-refractivity contribution in [3.8, 4) is 5.75 Å². The second-order valence-electron chi connectivity index (χ2n) is 5.50. The van der Waals surface area contributed by atoms with Crippen LogP contribution in [0.4, 0.5) is 5.69 Å². The molecule has 1 aromatic heterocycles. The topological polar surface area (TPSA) is 90.6 Å². The molecule has 1 aliphatic heterocycles. The number of hydrogen-bond acceptors (Lipinski definition) is 7. The number of nitrogens with zero attached hydrogens (tertiary/aromatic N) is 4. The molecule has 8 nitrogen and oxygen atoms in total. The first-order valence-corrected chi connectivity index (χ1v) is 7.80. The first-order valence-electron chi connectivity index (χ1n) is 7.80. The fourth-order valence-corrected chi connectivity index (χ4v) is 2.46. The van der Waals surface area contributed by atoms with Gasteiger partial charge in [-0.1, -0.05) is 12.1 Å². The van der Waals surface area contributed by atoms with Crippen molar-refractivity contribution in [2.75, 3.05) is 26.8 Å². The Balaban J connectivity index is 1.63. The van der Waals surface area contributed by atoms with Crippen LogP contribution < -0.4 is 4.74 Å². The van der Waals surface area contributed by atoms with Gasteiger partial charge in [0.05, 0.1) is 25.2 Å². The highest BCUT2D eigenvalue weighted by Gasteiger charge is 2.23. The average Bonchev–Trinajstić information content (AvgIpc) is 2.67. The lowest BCUT2D eigenvalue weighted by Gasteiger charge is -2.31. The van der Waals surface area contributed by atoms with Crippen LogP contribution in [0.25, 0.3) is 6.08 Å². The molecular formula is C17H18N4O4. The van der Waals surface area contributed by atoms with Gasteiger partial charge in [-0.3, -0.25) is 10.1 Å². The number of benzene rings is 1. The summed E-state index contributed by atoms with van der Waals surface area (Å²) < 4.78 is 10.8. The van der Waals surface area contributed by atoms with E-state index in [0.717, 1.165) is 17.9 Å². The van der Waals surface area contributed by atoms with Crippen molar-refractivity contribution in [1.29, 1.82) is 0 Å². The van der Waals surface area contributed by atoms with E-state index < -0.39 is 4.92 Å². The van der Waals surface area contributed by atoms with Crippen molar-refractivity contribution in [1.82, 2.24) is 14.9 Å². The van der Waals surface area contributed by atoms with Gasteiger partial charge >= 0.3 is 5.69 Å². The van der Waals surface area contributed by atoms with E-state index in [4.69, 9.17) is 9.47 Å². The molecule has 130 valence electrons. The molecule has 2 aromatic rings. The summed E-state index contributed by atoms with van der Waals surface area (Å²) in [6.07, 6.45) is 6.12. The van der Waals surface area contributed by atoms with Gasteiger partial charge in [0.1, 0.15) is 24.2 Å². The van der Waals surface area contributed by atoms with Crippen LogP contribution >= 0.6 is 0 Å². The summed E-state index contributed by atoms with van der Waals surface area (Å²) in [7, 11) is 1.64. The van der Waals surface area contributed by atoms with Crippen molar-refractivity contribution in [2.24, 2.45) is 0 Å². The van der Waals surface area contributed by atoms with Gasteiger partial charge in [0.2, 0.25) is 0 Å². The maximum Gasteiger partial charge on any atom is 0.305 e. The Morgan fingerprint density at radius 1 is 1.32 bits per heavy atom. The molecule has 0 spiro atoms. The Kier molecular flexibility index (Phi) is 5.20. The third kappa shape index (κ3) is 4.30. The van der Waals surface area contributed by atoms with Gasteiger partial charge in [-0.25, -0.2) is 9.97 Å². The fraction of sp³-hybridized carbons (Fsp3) is 0.294. The van der Waals surface area contributed by atoms with E-state index in [2.05, 4.69) is 14.9 Å². The van der Waals surface area contributed by atoms with Gasteiger partial charge in [-0.2, -0.15) is 0 Å². The summed E-state index contributed by atoms with van der Waals surface area (Å²) in [5, 5.41) is 10.7. The van der Waals surface area contributed by atoms with Gasteiger partial charge in [0.25, 0.3) is 0 Å². The van der Waals surface area contributed by atoms with Gasteiger partial charge < -0.3 is 14.4 Å². The quantitative estimate of drug-likeness (QED) is 0.609. The predicted molar refractivity (Wildman–Crippen MR) is 91.0 cm³/mol. The molecule has 0 amide bonds. The monoisotopic (exact) mass is 342 g/mol. The van der Waals surface area contributed by atoms with Crippen LogP contribution in [-0.4, -0.2) is 46.6 Å². The lowest BCUT2D eigenvalue weighted by atomic mass is 10.2. The van der Waals surface area contributed by atoms with Crippen molar-refractivity contribution < 1.29 is 14.4 Å². The first-order chi connectivity index (χ1) is 12.2. The lowest BCUT2D eigenvalue weighted by molar-refractivity contribution is -0.385. The zero-order valence-electron chi connectivity index (χ0n) is 13.7. The second-order valence-corrected chi connectivity index (χ2v) is 5.50. The first kappa shape index (κ1) is 16.8. The molecule has 0 bridgehead atoms. The van der Waals surface area contributed by atoms with Crippen LogP contribution in [0.2, 0.25) is 0 Å². The van der Waals surface area contributed by atoms with Crippen LogP contribution in [0.5, 0.6) is 5.75 Å². The molecule has 25 heavy (non-hydrogen) atoms. The zero-order valence-corrected chi connectivity index (χ0v) is 13.7. The predicted octanol–water partition coefficient (Wildman–Crippen LogP) is 2.44. The third-order valence-corrected chi connectivity index (χ3v) is 3.85. The minimum Gasteiger partial charge on any atom is -0.497 e. The van der Waals surface area contributed by atoms with E-state index in [9.17, 15) is 10.1 Å². The molecule has 1 saturated heterocycles. The summed E-state index contributed by atoms with van der Waals surface area (Å²) in [6, 6.07) is 7.78. The summed E-state index contributed by atoms with van der Waals surface area (Å²) in [6.45, 7) is 1.89. The van der Waals surface area contributed by atoms with Gasteiger partial charge in [0.15, 0.2) is 5.82 Å². The van der Waals surface area contributed by atoms with Gasteiger partial charge in [-0.05, 0) is 30.0 Å². The van der Waals surface area contributed by atoms with Gasteiger partial charge in [-0.15, -0.1) is 0 Å². The van der Waals surface area contributed by atoms with E-state index in [0.29, 0.717) is 19.0 Å². The molecular weight excluding hydrogens is 324 g/mol. The van der Waals surface area contributed by atoms with Crippen molar-refractivity contribution >= 4 is 11.8 Å². The molecule has 0 radical (unpaired) electrons. The van der Waals surface area contributed by atoms with Crippen LogP contribution in [0.15, 0.2) is 42.9 Å². The van der Waals surface area contributed by atoms with Crippen molar-refractivity contribution in [3.05, 3.63) is 64.4 Å². The molecule has 1 fully saturated rings. The van der Waals surface area contributed by atoms with Crippen LogP contribution in [0, 0.1) is 10.1 Å². The molecule has 0 aliphatic carbocycles. The molecule has 2 heterocycles. The molecule has 1 atom stereocenters. The SMILES string of the molecule is COc1ccc(C=CN2CCOC(c3ncc([N+](=O)[O-])cn3)C2)cc1. The maximum absolute atomic E-state index is 10.7. The Morgan fingerprint density at radius 2 is 2.04 bits per heavy atom. The standard InChI is InChI=1S/C17H18N4O4/c1-24-15-4-2-13(3-5-15)6-7-20-8-9-25-16(12-20)17-18-10-14(11-19-17)21(22)23/h2-7,10-11,16H,8-9,12H2,1H3. The highest BCUT2D eigenvalue weighted by Crippen LogP contribution is 2.21. The van der Waals surface area contributed by atoms with E-state index in [-0.39, 0.29) is 11.8 Å². The van der Waals surface area contributed by atoms with E-state index >= 15 is 0 Å². The van der Waals surface area contributed by atoms with Crippen molar-refractivity contribution in [2.45, 2.75) is 6.10 Å². The summed E-state index contributed by atoms with van der Waals surface area (Å²) in [5.41, 5.74) is 0.936. The van der Waals surface area contributed by atoms with Crippen LogP contribution in [-0.2, 0) is 4.74 Å². The number of aromatic nitrogens is 2. The molecule has 1 aromatic carbocycles. The normalized spacial score (nSPS) is 17.6. The molecule has 0 N–H and O–H groups in total. The number of nitro groups is 1. The Morgan fingerprint density at radius 3 is 2.68 bits per heavy atom. The molecule has 1 unspecified atom stereocenters. The maximum atomic E-state index is 10.7. The highest BCUT2D eigenvalue weighted by atomic mass is 16.6.